The Labute approximate surface area is 289 Å². The zero-order chi connectivity index (χ0) is 36.4. The summed E-state index contributed by atoms with van der Waals surface area (Å²) in [4.78, 5) is 65.5. The van der Waals surface area contributed by atoms with Gasteiger partial charge in [-0.05, 0) is 54.9 Å². The number of pyridine rings is 1. The number of aromatic nitrogens is 3. The van der Waals surface area contributed by atoms with Gasteiger partial charge in [0.2, 0.25) is 5.91 Å². The number of sulfonamides is 1. The largest absolute Gasteiger partial charge is 0.480 e. The second-order valence-electron chi connectivity index (χ2n) is 11.9. The fourth-order valence-electron chi connectivity index (χ4n) is 6.00. The number of aliphatic carboxylic acids is 1. The molecular weight excluding hydrogens is 690 g/mol. The lowest BCUT2D eigenvalue weighted by molar-refractivity contribution is -0.139. The number of nitrogens with one attached hydrogen (secondary N) is 3. The molecule has 4 heterocycles. The van der Waals surface area contributed by atoms with Gasteiger partial charge in [0, 0.05) is 49.7 Å². The molecule has 264 valence electrons. The van der Waals surface area contributed by atoms with Gasteiger partial charge in [-0.25, -0.2) is 38.2 Å². The molecule has 6 rings (SSSR count). The minimum Gasteiger partial charge on any atom is -0.480 e. The highest BCUT2D eigenvalue weighted by molar-refractivity contribution is 7.92. The predicted molar refractivity (Wildman–Crippen MR) is 177 cm³/mol. The van der Waals surface area contributed by atoms with Crippen molar-refractivity contribution in [3.8, 4) is 11.1 Å². The van der Waals surface area contributed by atoms with E-state index in [1.807, 2.05) is 4.72 Å². The number of carbonyl (C=O) groups is 4. The molecule has 0 aliphatic carbocycles. The molecule has 3 atom stereocenters. The topological polar surface area (TPSA) is 204 Å². The Morgan fingerprint density at radius 3 is 2.33 bits per heavy atom. The molecule has 2 aliphatic heterocycles. The number of likely N-dealkylation sites (N-methyl/N-ethyl adjacent to an activating group) is 1. The number of imide groups is 1. The van der Waals surface area contributed by atoms with Crippen LogP contribution in [-0.4, -0.2) is 89.4 Å². The summed E-state index contributed by atoms with van der Waals surface area (Å²) in [6.07, 6.45) is 5.83. The van der Waals surface area contributed by atoms with Crippen LogP contribution in [-0.2, 0) is 26.0 Å². The van der Waals surface area contributed by atoms with Crippen LogP contribution in [0.5, 0.6) is 0 Å². The number of halogens is 2. The number of piperidine rings is 1. The molecule has 0 radical (unpaired) electrons. The maximum atomic E-state index is 15.1. The number of carboxylic acids is 1. The molecule has 2 aromatic heterocycles. The first-order valence-electron chi connectivity index (χ1n) is 15.5. The van der Waals surface area contributed by atoms with Crippen molar-refractivity contribution >= 4 is 45.2 Å². The van der Waals surface area contributed by atoms with Crippen LogP contribution in [0.25, 0.3) is 11.1 Å². The standard InChI is InChI=1S/C33H30F2N8O7S/c1-42-27-16-36-9-8-23(27)31(45)43(33(42)48)22-5-2-18(3-6-22)10-26(32(46)47)40-30(44)29-24(34)11-21(12-25(29)35)41-51(49,50)28-7-4-19(15-39-28)20-13-37-17-38-14-20/h2-7,11-15,17,23,26-27,36,41H,8-10,16H2,1H3,(H,40,44)(H,46,47)/t23?,26-,27?/m0/s1. The van der Waals surface area contributed by atoms with E-state index in [0.717, 1.165) is 4.90 Å². The Morgan fingerprint density at radius 1 is 1.02 bits per heavy atom. The van der Waals surface area contributed by atoms with Crippen LogP contribution in [0.15, 0.2) is 78.5 Å². The van der Waals surface area contributed by atoms with Gasteiger partial charge in [-0.2, -0.15) is 8.42 Å². The van der Waals surface area contributed by atoms with Gasteiger partial charge in [-0.15, -0.1) is 0 Å². The fourth-order valence-corrected chi connectivity index (χ4v) is 6.97. The average Bonchev–Trinajstić information content (AvgIpc) is 3.11. The maximum Gasteiger partial charge on any atom is 0.331 e. The molecule has 2 unspecified atom stereocenters. The highest BCUT2D eigenvalue weighted by Gasteiger charge is 2.46. The van der Waals surface area contributed by atoms with Crippen LogP contribution >= 0.6 is 0 Å². The number of anilines is 2. The normalized spacial score (nSPS) is 18.2. The minimum absolute atomic E-state index is 0.262. The Morgan fingerprint density at radius 2 is 1.71 bits per heavy atom. The molecule has 15 nitrogen and oxygen atoms in total. The van der Waals surface area contributed by atoms with E-state index in [1.54, 1.807) is 7.05 Å². The van der Waals surface area contributed by atoms with Crippen molar-refractivity contribution < 1.29 is 41.5 Å². The number of benzene rings is 2. The Hall–Kier alpha value is -5.88. The summed E-state index contributed by atoms with van der Waals surface area (Å²) in [6, 6.07) is 7.28. The monoisotopic (exact) mass is 720 g/mol. The summed E-state index contributed by atoms with van der Waals surface area (Å²) in [5, 5.41) is 14.6. The van der Waals surface area contributed by atoms with Crippen LogP contribution in [0.3, 0.4) is 0 Å². The zero-order valence-corrected chi connectivity index (χ0v) is 27.6. The highest BCUT2D eigenvalue weighted by Crippen LogP contribution is 2.31. The summed E-state index contributed by atoms with van der Waals surface area (Å²) >= 11 is 0. The third-order valence-electron chi connectivity index (χ3n) is 8.64. The lowest BCUT2D eigenvalue weighted by Gasteiger charge is -2.45. The Bertz CT molecular complexity index is 2080. The van der Waals surface area contributed by atoms with Crippen molar-refractivity contribution in [2.45, 2.75) is 30.0 Å². The van der Waals surface area contributed by atoms with E-state index >= 15 is 8.78 Å². The number of urea groups is 1. The first kappa shape index (κ1) is 35.0. The van der Waals surface area contributed by atoms with Crippen molar-refractivity contribution in [2.75, 3.05) is 29.8 Å². The molecule has 2 saturated heterocycles. The van der Waals surface area contributed by atoms with Gasteiger partial charge in [0.05, 0.1) is 23.3 Å². The van der Waals surface area contributed by atoms with Crippen molar-refractivity contribution in [2.24, 2.45) is 5.92 Å². The number of rotatable bonds is 10. The summed E-state index contributed by atoms with van der Waals surface area (Å²) in [6.45, 7) is 1.14. The van der Waals surface area contributed by atoms with Crippen molar-refractivity contribution in [1.82, 2.24) is 30.5 Å². The Kier molecular flexibility index (Phi) is 9.71. The van der Waals surface area contributed by atoms with Crippen molar-refractivity contribution in [1.29, 1.82) is 0 Å². The lowest BCUT2D eigenvalue weighted by Crippen LogP contribution is -2.65. The molecule has 0 spiro atoms. The first-order valence-corrected chi connectivity index (χ1v) is 17.0. The van der Waals surface area contributed by atoms with E-state index in [1.165, 1.54) is 66.2 Å². The Balaban J connectivity index is 1.12. The second kappa shape index (κ2) is 14.2. The van der Waals surface area contributed by atoms with Crippen molar-refractivity contribution in [3.05, 3.63) is 96.2 Å². The predicted octanol–water partition coefficient (Wildman–Crippen LogP) is 2.42. The molecular formula is C33H30F2N8O7S. The number of nitrogens with zero attached hydrogens (tertiary/aromatic N) is 5. The smallest absolute Gasteiger partial charge is 0.331 e. The van der Waals surface area contributed by atoms with Crippen LogP contribution in [0, 0.1) is 17.6 Å². The van der Waals surface area contributed by atoms with Gasteiger partial charge in [0.15, 0.2) is 5.03 Å². The van der Waals surface area contributed by atoms with E-state index in [9.17, 15) is 32.7 Å². The number of carbonyl (C=O) groups excluding carboxylic acids is 3. The number of fused-ring (bicyclic) bond motifs is 1. The van der Waals surface area contributed by atoms with E-state index in [-0.39, 0.29) is 30.0 Å². The number of amides is 4. The lowest BCUT2D eigenvalue weighted by atomic mass is 9.88. The van der Waals surface area contributed by atoms with Gasteiger partial charge in [0.25, 0.3) is 15.9 Å². The summed E-state index contributed by atoms with van der Waals surface area (Å²) < 4.78 is 57.9. The highest BCUT2D eigenvalue weighted by atomic mass is 32.2. The number of carboxylic acid groups (broad SMARTS) is 1. The molecule has 2 aliphatic rings. The van der Waals surface area contributed by atoms with Crippen LogP contribution in [0.2, 0.25) is 0 Å². The molecule has 4 amide bonds. The van der Waals surface area contributed by atoms with Crippen LogP contribution in [0.1, 0.15) is 22.3 Å². The maximum absolute atomic E-state index is 15.1. The minimum atomic E-state index is -4.42. The third kappa shape index (κ3) is 7.22. The third-order valence-corrected chi connectivity index (χ3v) is 9.94. The quantitative estimate of drug-likeness (QED) is 0.187. The van der Waals surface area contributed by atoms with Gasteiger partial charge < -0.3 is 20.6 Å². The molecule has 0 saturated carbocycles. The summed E-state index contributed by atoms with van der Waals surface area (Å²) in [5.74, 6) is -6.52. The van der Waals surface area contributed by atoms with Gasteiger partial charge in [-0.3, -0.25) is 14.3 Å². The summed E-state index contributed by atoms with van der Waals surface area (Å²) in [7, 11) is -2.79. The molecule has 2 fully saturated rings. The molecule has 4 N–H and O–H groups in total. The summed E-state index contributed by atoms with van der Waals surface area (Å²) in [5.41, 5.74) is 0.0762. The van der Waals surface area contributed by atoms with E-state index in [2.05, 4.69) is 25.6 Å². The molecule has 4 aromatic rings. The average molecular weight is 721 g/mol. The molecule has 51 heavy (non-hydrogen) atoms. The number of hydrogen-bond donors (Lipinski definition) is 4. The van der Waals surface area contributed by atoms with Crippen molar-refractivity contribution in [3.63, 3.8) is 0 Å². The van der Waals surface area contributed by atoms with E-state index in [0.29, 0.717) is 48.3 Å². The van der Waals surface area contributed by atoms with Gasteiger partial charge in [0.1, 0.15) is 29.6 Å². The van der Waals surface area contributed by atoms with E-state index in [4.69, 9.17) is 0 Å². The molecule has 18 heteroatoms. The fraction of sp³-hybridized carbons (Fsp3) is 0.242. The number of hydrogen-bond acceptors (Lipinski definition) is 10. The second-order valence-corrected chi connectivity index (χ2v) is 13.5. The first-order chi connectivity index (χ1) is 24.3. The van der Waals surface area contributed by atoms with Gasteiger partial charge >= 0.3 is 12.0 Å². The molecule has 2 aromatic carbocycles. The van der Waals surface area contributed by atoms with Crippen LogP contribution in [0.4, 0.5) is 25.0 Å². The van der Waals surface area contributed by atoms with E-state index < -0.39 is 61.9 Å². The van der Waals surface area contributed by atoms with Crippen LogP contribution < -0.4 is 20.3 Å². The molecule has 0 bridgehead atoms. The SMILES string of the molecule is CN1C(=O)N(c2ccc(C[C@H](NC(=O)c3c(F)cc(NS(=O)(=O)c4ccc(-c5cncnc5)cn4)cc3F)C(=O)O)cc2)C(=O)C2CCNCC21. The zero-order valence-electron chi connectivity index (χ0n) is 26.8. The van der Waals surface area contributed by atoms with Gasteiger partial charge in [-0.1, -0.05) is 12.1 Å².